The zero-order chi connectivity index (χ0) is 17.2. The van der Waals surface area contributed by atoms with Crippen LogP contribution in [-0.4, -0.2) is 14.8 Å². The Morgan fingerprint density at radius 2 is 2.12 bits per heavy atom. The molecule has 4 rings (SSSR count). The lowest BCUT2D eigenvalue weighted by molar-refractivity contribution is 0.680. The zero-order valence-electron chi connectivity index (χ0n) is 14.2. The van der Waals surface area contributed by atoms with E-state index >= 15 is 0 Å². The van der Waals surface area contributed by atoms with E-state index in [0.717, 1.165) is 27.8 Å². The molecule has 25 heavy (non-hydrogen) atoms. The number of benzene rings is 1. The molecule has 1 aromatic carbocycles. The summed E-state index contributed by atoms with van der Waals surface area (Å²) >= 11 is 7.20. The number of thiophene rings is 1. The molecule has 0 saturated carbocycles. The highest BCUT2D eigenvalue weighted by Crippen LogP contribution is 2.37. The van der Waals surface area contributed by atoms with Crippen LogP contribution >= 0.6 is 39.0 Å². The molecule has 0 amide bonds. The van der Waals surface area contributed by atoms with Gasteiger partial charge in [0.05, 0.1) is 0 Å². The van der Waals surface area contributed by atoms with Crippen LogP contribution in [0, 0.1) is 0 Å². The maximum atomic E-state index is 4.56. The number of fused-ring (bicyclic) bond motifs is 1. The molecule has 0 saturated heterocycles. The van der Waals surface area contributed by atoms with Gasteiger partial charge in [0.25, 0.3) is 0 Å². The third-order valence-corrected chi connectivity index (χ3v) is 7.21. The topological polar surface area (TPSA) is 30.7 Å². The first-order chi connectivity index (χ1) is 12.3. The predicted octanol–water partition coefficient (Wildman–Crippen LogP) is 5.96. The Bertz CT molecular complexity index is 885. The summed E-state index contributed by atoms with van der Waals surface area (Å²) in [6, 6.07) is 8.45. The van der Waals surface area contributed by atoms with Gasteiger partial charge in [-0.15, -0.1) is 21.5 Å². The summed E-state index contributed by atoms with van der Waals surface area (Å²) in [7, 11) is 0. The van der Waals surface area contributed by atoms with Crippen LogP contribution in [0.15, 0.2) is 39.3 Å². The summed E-state index contributed by atoms with van der Waals surface area (Å²) in [5.74, 6) is 1.94. The van der Waals surface area contributed by atoms with Gasteiger partial charge >= 0.3 is 0 Å². The number of aryl methyl sites for hydroxylation is 1. The number of halogens is 1. The van der Waals surface area contributed by atoms with Crippen molar-refractivity contribution in [2.24, 2.45) is 0 Å². The molecule has 0 unspecified atom stereocenters. The van der Waals surface area contributed by atoms with Gasteiger partial charge in [-0.05, 0) is 55.9 Å². The molecule has 0 radical (unpaired) electrons. The van der Waals surface area contributed by atoms with E-state index in [9.17, 15) is 0 Å². The van der Waals surface area contributed by atoms with Crippen molar-refractivity contribution in [2.75, 3.05) is 0 Å². The van der Waals surface area contributed by atoms with Crippen LogP contribution in [-0.2, 0) is 25.1 Å². The molecule has 0 atom stereocenters. The summed E-state index contributed by atoms with van der Waals surface area (Å²) in [4.78, 5) is 1.55. The lowest BCUT2D eigenvalue weighted by atomic mass is 9.96. The number of nitrogens with zero attached hydrogens (tertiary/aromatic N) is 3. The summed E-state index contributed by atoms with van der Waals surface area (Å²) < 4.78 is 3.38. The van der Waals surface area contributed by atoms with Gasteiger partial charge in [0.2, 0.25) is 0 Å². The number of aromatic nitrogens is 3. The smallest absolute Gasteiger partial charge is 0.191 e. The van der Waals surface area contributed by atoms with Crippen molar-refractivity contribution in [3.8, 4) is 11.4 Å². The van der Waals surface area contributed by atoms with Crippen molar-refractivity contribution in [3.63, 3.8) is 0 Å². The van der Waals surface area contributed by atoms with Gasteiger partial charge in [-0.25, -0.2) is 0 Å². The Morgan fingerprint density at radius 1 is 1.24 bits per heavy atom. The molecule has 3 aromatic rings. The Kier molecular flexibility index (Phi) is 5.29. The normalized spacial score (nSPS) is 13.8. The third kappa shape index (κ3) is 3.57. The molecule has 0 fully saturated rings. The monoisotopic (exact) mass is 433 g/mol. The molecule has 1 aliphatic carbocycles. The summed E-state index contributed by atoms with van der Waals surface area (Å²) in [5.41, 5.74) is 4.12. The predicted molar refractivity (Wildman–Crippen MR) is 109 cm³/mol. The summed E-state index contributed by atoms with van der Waals surface area (Å²) in [6.45, 7) is 3.07. The van der Waals surface area contributed by atoms with Crippen LogP contribution in [0.25, 0.3) is 11.4 Å². The molecule has 0 spiro atoms. The highest BCUT2D eigenvalue weighted by atomic mass is 79.9. The van der Waals surface area contributed by atoms with Gasteiger partial charge in [-0.3, -0.25) is 0 Å². The second kappa shape index (κ2) is 7.64. The lowest BCUT2D eigenvalue weighted by Gasteiger charge is -2.13. The minimum Gasteiger partial charge on any atom is -0.302 e. The van der Waals surface area contributed by atoms with Crippen molar-refractivity contribution in [1.29, 1.82) is 0 Å². The third-order valence-electron chi connectivity index (χ3n) is 4.59. The minimum absolute atomic E-state index is 0.897. The first-order valence-electron chi connectivity index (χ1n) is 8.66. The summed E-state index contributed by atoms with van der Waals surface area (Å²) in [6.07, 6.45) is 5.03. The van der Waals surface area contributed by atoms with E-state index in [4.69, 9.17) is 0 Å². The standard InChI is InChI=1S/C19H20BrN3S2/c1-2-23-18(16-12-24-17-9-4-3-8-15(16)17)21-22-19(23)25-11-13-6-5-7-14(20)10-13/h5-7,10,12H,2-4,8-9,11H2,1H3. The number of hydrogen-bond donors (Lipinski definition) is 0. The fourth-order valence-corrected chi connectivity index (χ4v) is 5.85. The Morgan fingerprint density at radius 3 is 2.96 bits per heavy atom. The van der Waals surface area contributed by atoms with Gasteiger partial charge in [0.15, 0.2) is 11.0 Å². The van der Waals surface area contributed by atoms with Crippen LogP contribution in [0.3, 0.4) is 0 Å². The number of hydrogen-bond acceptors (Lipinski definition) is 4. The SMILES string of the molecule is CCn1c(SCc2cccc(Br)c2)nnc1-c1csc2c1CCCC2. The largest absolute Gasteiger partial charge is 0.302 e. The number of thioether (sulfide) groups is 1. The second-order valence-corrected chi connectivity index (χ2v) is 9.05. The van der Waals surface area contributed by atoms with E-state index in [1.54, 1.807) is 16.6 Å². The van der Waals surface area contributed by atoms with E-state index in [2.05, 4.69) is 67.3 Å². The maximum absolute atomic E-state index is 4.56. The van der Waals surface area contributed by atoms with E-state index < -0.39 is 0 Å². The molecule has 130 valence electrons. The highest BCUT2D eigenvalue weighted by Gasteiger charge is 2.21. The maximum Gasteiger partial charge on any atom is 0.191 e. The fourth-order valence-electron chi connectivity index (χ4n) is 3.34. The Balaban J connectivity index is 1.60. The van der Waals surface area contributed by atoms with Crippen molar-refractivity contribution >= 4 is 39.0 Å². The van der Waals surface area contributed by atoms with Crippen molar-refractivity contribution < 1.29 is 0 Å². The Labute approximate surface area is 165 Å². The molecule has 0 bridgehead atoms. The van der Waals surface area contributed by atoms with Crippen molar-refractivity contribution in [2.45, 2.75) is 50.1 Å². The molecule has 0 aliphatic heterocycles. The van der Waals surface area contributed by atoms with Gasteiger partial charge in [0, 0.05) is 32.6 Å². The molecule has 1 aliphatic rings. The molecule has 2 heterocycles. The van der Waals surface area contributed by atoms with Crippen molar-refractivity contribution in [3.05, 3.63) is 50.1 Å². The first-order valence-corrected chi connectivity index (χ1v) is 11.3. The van der Waals surface area contributed by atoms with Crippen LogP contribution < -0.4 is 0 Å². The molecular formula is C19H20BrN3S2. The van der Waals surface area contributed by atoms with Gasteiger partial charge in [0.1, 0.15) is 0 Å². The molecule has 6 heteroatoms. The fraction of sp³-hybridized carbons (Fsp3) is 0.368. The van der Waals surface area contributed by atoms with Gasteiger partial charge < -0.3 is 4.57 Å². The molecule has 2 aromatic heterocycles. The number of rotatable bonds is 5. The average Bonchev–Trinajstić information content (AvgIpc) is 3.23. The molecule has 3 nitrogen and oxygen atoms in total. The second-order valence-electron chi connectivity index (χ2n) is 6.23. The quantitative estimate of drug-likeness (QED) is 0.464. The lowest BCUT2D eigenvalue weighted by Crippen LogP contribution is -2.03. The van der Waals surface area contributed by atoms with E-state index in [1.807, 2.05) is 11.3 Å². The molecule has 0 N–H and O–H groups in total. The summed E-state index contributed by atoms with van der Waals surface area (Å²) in [5, 5.41) is 12.3. The van der Waals surface area contributed by atoms with Crippen molar-refractivity contribution in [1.82, 2.24) is 14.8 Å². The van der Waals surface area contributed by atoms with E-state index in [1.165, 1.54) is 42.4 Å². The van der Waals surface area contributed by atoms with Crippen LogP contribution in [0.1, 0.15) is 35.8 Å². The van der Waals surface area contributed by atoms with Crippen LogP contribution in [0.2, 0.25) is 0 Å². The minimum atomic E-state index is 0.897. The first kappa shape index (κ1) is 17.3. The van der Waals surface area contributed by atoms with E-state index in [0.29, 0.717) is 0 Å². The van der Waals surface area contributed by atoms with Crippen LogP contribution in [0.4, 0.5) is 0 Å². The van der Waals surface area contributed by atoms with Gasteiger partial charge in [-0.1, -0.05) is 39.8 Å². The molecular weight excluding hydrogens is 414 g/mol. The van der Waals surface area contributed by atoms with Crippen LogP contribution in [0.5, 0.6) is 0 Å². The average molecular weight is 434 g/mol. The van der Waals surface area contributed by atoms with E-state index in [-0.39, 0.29) is 0 Å². The highest BCUT2D eigenvalue weighted by molar-refractivity contribution is 9.10. The Hall–Kier alpha value is -1.11. The van der Waals surface area contributed by atoms with Gasteiger partial charge in [-0.2, -0.15) is 0 Å². The zero-order valence-corrected chi connectivity index (χ0v) is 17.4.